The maximum Gasteiger partial charge on any atom is 0.264 e. The number of anilines is 1. The molecule has 0 aliphatic heterocycles. The number of ether oxygens (including phenoxy) is 1. The minimum absolute atomic E-state index is 0.0271. The van der Waals surface area contributed by atoms with E-state index in [1.807, 2.05) is 25.1 Å². The molecule has 0 saturated carbocycles. The second-order valence-corrected chi connectivity index (χ2v) is 5.33. The molecule has 0 radical (unpaired) electrons. The van der Waals surface area contributed by atoms with Gasteiger partial charge in [0.15, 0.2) is 11.7 Å². The van der Waals surface area contributed by atoms with E-state index in [1.165, 1.54) is 11.3 Å². The molecule has 0 aliphatic rings. The summed E-state index contributed by atoms with van der Waals surface area (Å²) >= 11 is 4.78. The summed E-state index contributed by atoms with van der Waals surface area (Å²) in [6.45, 7) is 1.94. The molecule has 0 aliphatic carbocycles. The highest BCUT2D eigenvalue weighted by Gasteiger charge is 2.05. The van der Waals surface area contributed by atoms with Gasteiger partial charge in [0.25, 0.3) is 5.91 Å². The monoisotopic (exact) mass is 326 g/mol. The van der Waals surface area contributed by atoms with Gasteiger partial charge in [-0.3, -0.25) is 10.1 Å². The number of nitrogens with zero attached hydrogens (tertiary/aromatic N) is 1. The van der Waals surface area contributed by atoms with E-state index in [0.29, 0.717) is 10.9 Å². The van der Waals surface area contributed by atoms with E-state index in [-0.39, 0.29) is 12.5 Å². The fraction of sp³-hybridized carbons (Fsp3) is 0.167. The van der Waals surface area contributed by atoms with E-state index in [2.05, 4.69) is 26.2 Å². The van der Waals surface area contributed by atoms with Gasteiger partial charge in [0.2, 0.25) is 0 Å². The van der Waals surface area contributed by atoms with Crippen molar-refractivity contribution in [1.29, 1.82) is 0 Å². The van der Waals surface area contributed by atoms with Crippen molar-refractivity contribution in [3.05, 3.63) is 39.8 Å². The van der Waals surface area contributed by atoms with Crippen molar-refractivity contribution in [1.82, 2.24) is 4.98 Å². The topological polar surface area (TPSA) is 51.2 Å². The third kappa shape index (κ3) is 3.54. The zero-order valence-corrected chi connectivity index (χ0v) is 12.0. The van der Waals surface area contributed by atoms with E-state index in [4.69, 9.17) is 4.74 Å². The number of rotatable bonds is 4. The first-order valence-electron chi connectivity index (χ1n) is 5.23. The minimum Gasteiger partial charge on any atom is -0.484 e. The van der Waals surface area contributed by atoms with Crippen LogP contribution in [0.1, 0.15) is 5.56 Å². The molecular formula is C12H11BrN2O2S. The maximum absolute atomic E-state index is 11.6. The molecule has 0 atom stereocenters. The van der Waals surface area contributed by atoms with E-state index in [1.54, 1.807) is 11.6 Å². The molecule has 1 amide bonds. The van der Waals surface area contributed by atoms with E-state index >= 15 is 0 Å². The number of amides is 1. The summed E-state index contributed by atoms with van der Waals surface area (Å²) in [5.41, 5.74) is 1.06. The zero-order chi connectivity index (χ0) is 13.0. The van der Waals surface area contributed by atoms with Gasteiger partial charge in [-0.1, -0.05) is 15.9 Å². The third-order valence-corrected chi connectivity index (χ3v) is 3.76. The van der Waals surface area contributed by atoms with Gasteiger partial charge in [-0.15, -0.1) is 11.3 Å². The molecule has 1 N–H and O–H groups in total. The number of aryl methyl sites for hydroxylation is 1. The molecule has 18 heavy (non-hydrogen) atoms. The van der Waals surface area contributed by atoms with Crippen LogP contribution in [0.25, 0.3) is 0 Å². The quantitative estimate of drug-likeness (QED) is 0.938. The number of carbonyl (C=O) groups excluding carboxylic acids is 1. The van der Waals surface area contributed by atoms with Crippen LogP contribution in [-0.2, 0) is 4.79 Å². The van der Waals surface area contributed by atoms with Crippen LogP contribution in [0, 0.1) is 6.92 Å². The molecule has 2 rings (SSSR count). The SMILES string of the molecule is Cc1cc(OCC(=O)Nc2nccs2)ccc1Br. The van der Waals surface area contributed by atoms with Crippen LogP contribution < -0.4 is 10.1 Å². The highest BCUT2D eigenvalue weighted by atomic mass is 79.9. The van der Waals surface area contributed by atoms with Crippen LogP contribution in [0.4, 0.5) is 5.13 Å². The van der Waals surface area contributed by atoms with Crippen LogP contribution in [0.15, 0.2) is 34.2 Å². The molecule has 6 heteroatoms. The number of aromatic nitrogens is 1. The molecule has 1 aromatic heterocycles. The molecule has 0 saturated heterocycles. The fourth-order valence-corrected chi connectivity index (χ4v) is 2.09. The first kappa shape index (κ1) is 13.0. The van der Waals surface area contributed by atoms with Gasteiger partial charge in [0.05, 0.1) is 0 Å². The van der Waals surface area contributed by atoms with Crippen molar-refractivity contribution in [2.75, 3.05) is 11.9 Å². The number of hydrogen-bond donors (Lipinski definition) is 1. The Hall–Kier alpha value is -1.40. The summed E-state index contributed by atoms with van der Waals surface area (Å²) in [6.07, 6.45) is 1.64. The summed E-state index contributed by atoms with van der Waals surface area (Å²) in [5.74, 6) is 0.454. The highest BCUT2D eigenvalue weighted by Crippen LogP contribution is 2.21. The predicted octanol–water partition coefficient (Wildman–Crippen LogP) is 3.23. The van der Waals surface area contributed by atoms with E-state index in [0.717, 1.165) is 10.0 Å². The number of halogens is 1. The Labute approximate surface area is 117 Å². The summed E-state index contributed by atoms with van der Waals surface area (Å²) < 4.78 is 6.41. The number of hydrogen-bond acceptors (Lipinski definition) is 4. The first-order chi connectivity index (χ1) is 8.65. The lowest BCUT2D eigenvalue weighted by atomic mass is 10.2. The molecule has 0 spiro atoms. The number of nitrogens with one attached hydrogen (secondary N) is 1. The molecule has 4 nitrogen and oxygen atoms in total. The van der Waals surface area contributed by atoms with Crippen LogP contribution in [0.5, 0.6) is 5.75 Å². The normalized spacial score (nSPS) is 10.1. The predicted molar refractivity (Wildman–Crippen MR) is 75.1 cm³/mol. The second-order valence-electron chi connectivity index (χ2n) is 3.59. The summed E-state index contributed by atoms with van der Waals surface area (Å²) in [7, 11) is 0. The lowest BCUT2D eigenvalue weighted by Gasteiger charge is -2.07. The molecule has 0 fully saturated rings. The van der Waals surface area contributed by atoms with Crippen LogP contribution in [0.3, 0.4) is 0 Å². The lowest BCUT2D eigenvalue weighted by molar-refractivity contribution is -0.118. The second kappa shape index (κ2) is 5.97. The average molecular weight is 327 g/mol. The Kier molecular flexibility index (Phi) is 4.33. The van der Waals surface area contributed by atoms with Gasteiger partial charge in [-0.25, -0.2) is 4.98 Å². The van der Waals surface area contributed by atoms with Gasteiger partial charge in [-0.2, -0.15) is 0 Å². The van der Waals surface area contributed by atoms with Crippen molar-refractivity contribution < 1.29 is 9.53 Å². The minimum atomic E-state index is -0.217. The van der Waals surface area contributed by atoms with Crippen LogP contribution in [-0.4, -0.2) is 17.5 Å². The van der Waals surface area contributed by atoms with Crippen molar-refractivity contribution >= 4 is 38.3 Å². The highest BCUT2D eigenvalue weighted by molar-refractivity contribution is 9.10. The first-order valence-corrected chi connectivity index (χ1v) is 6.91. The van der Waals surface area contributed by atoms with E-state index in [9.17, 15) is 4.79 Å². The number of benzene rings is 1. The molecule has 1 aromatic carbocycles. The Bertz CT molecular complexity index is 543. The molecular weight excluding hydrogens is 316 g/mol. The standard InChI is InChI=1S/C12H11BrN2O2S/c1-8-6-9(2-3-10(8)13)17-7-11(16)15-12-14-4-5-18-12/h2-6H,7H2,1H3,(H,14,15,16). The average Bonchev–Trinajstić information content (AvgIpc) is 2.83. The third-order valence-electron chi connectivity index (χ3n) is 2.18. The molecule has 2 aromatic rings. The van der Waals surface area contributed by atoms with Crippen molar-refractivity contribution in [2.24, 2.45) is 0 Å². The van der Waals surface area contributed by atoms with Gasteiger partial charge < -0.3 is 4.74 Å². The summed E-state index contributed by atoms with van der Waals surface area (Å²) in [5, 5.41) is 5.03. The Morgan fingerprint density at radius 3 is 3.06 bits per heavy atom. The van der Waals surface area contributed by atoms with Crippen LogP contribution >= 0.6 is 27.3 Å². The molecule has 0 unspecified atom stereocenters. The van der Waals surface area contributed by atoms with Gasteiger partial charge in [0.1, 0.15) is 5.75 Å². The van der Waals surface area contributed by atoms with Gasteiger partial charge in [-0.05, 0) is 30.7 Å². The van der Waals surface area contributed by atoms with Crippen molar-refractivity contribution in [2.45, 2.75) is 6.92 Å². The Morgan fingerprint density at radius 2 is 2.39 bits per heavy atom. The van der Waals surface area contributed by atoms with Crippen molar-refractivity contribution in [3.8, 4) is 5.75 Å². The van der Waals surface area contributed by atoms with Crippen molar-refractivity contribution in [3.63, 3.8) is 0 Å². The number of carbonyl (C=O) groups is 1. The summed E-state index contributed by atoms with van der Waals surface area (Å²) in [6, 6.07) is 5.58. The summed E-state index contributed by atoms with van der Waals surface area (Å²) in [4.78, 5) is 15.5. The van der Waals surface area contributed by atoms with E-state index < -0.39 is 0 Å². The van der Waals surface area contributed by atoms with Crippen LogP contribution in [0.2, 0.25) is 0 Å². The molecule has 0 bridgehead atoms. The Morgan fingerprint density at radius 1 is 1.56 bits per heavy atom. The smallest absolute Gasteiger partial charge is 0.264 e. The Balaban J connectivity index is 1.87. The lowest BCUT2D eigenvalue weighted by Crippen LogP contribution is -2.20. The molecule has 94 valence electrons. The van der Waals surface area contributed by atoms with Gasteiger partial charge >= 0.3 is 0 Å². The van der Waals surface area contributed by atoms with Gasteiger partial charge in [0, 0.05) is 16.0 Å². The zero-order valence-electron chi connectivity index (χ0n) is 9.64. The largest absolute Gasteiger partial charge is 0.484 e. The fourth-order valence-electron chi connectivity index (χ4n) is 1.30. The molecule has 1 heterocycles. The number of thiazole rings is 1. The maximum atomic E-state index is 11.6.